The number of rotatable bonds is 6. The van der Waals surface area contributed by atoms with E-state index >= 15 is 0 Å². The van der Waals surface area contributed by atoms with Crippen molar-refractivity contribution in [2.24, 2.45) is 0 Å². The SMILES string of the molecule is Cc1ccc(-c2nnc([C@H](C)Sc3nnc(NC4CC4)s3)o2)cc1. The van der Waals surface area contributed by atoms with Gasteiger partial charge in [-0.25, -0.2) is 0 Å². The molecule has 1 saturated carbocycles. The second kappa shape index (κ2) is 6.52. The lowest BCUT2D eigenvalue weighted by molar-refractivity contribution is 0.509. The minimum absolute atomic E-state index is 0.0263. The van der Waals surface area contributed by atoms with Crippen molar-refractivity contribution in [3.05, 3.63) is 35.7 Å². The van der Waals surface area contributed by atoms with E-state index in [1.165, 1.54) is 18.4 Å². The number of nitrogens with one attached hydrogen (secondary N) is 1. The fourth-order valence-corrected chi connectivity index (χ4v) is 4.13. The average Bonchev–Trinajstić information content (AvgIpc) is 3.07. The first-order chi connectivity index (χ1) is 11.7. The minimum Gasteiger partial charge on any atom is -0.419 e. The molecule has 2 heterocycles. The molecule has 0 saturated heterocycles. The third-order valence-corrected chi connectivity index (χ3v) is 5.70. The van der Waals surface area contributed by atoms with E-state index in [0.717, 1.165) is 15.0 Å². The summed E-state index contributed by atoms with van der Waals surface area (Å²) < 4.78 is 6.73. The Labute approximate surface area is 148 Å². The zero-order valence-electron chi connectivity index (χ0n) is 13.4. The maximum atomic E-state index is 5.82. The molecule has 124 valence electrons. The Hall–Kier alpha value is -1.93. The Kier molecular flexibility index (Phi) is 4.24. The molecule has 6 nitrogen and oxygen atoms in total. The number of nitrogens with zero attached hydrogens (tertiary/aromatic N) is 4. The summed E-state index contributed by atoms with van der Waals surface area (Å²) in [6.45, 7) is 4.09. The van der Waals surface area contributed by atoms with Crippen molar-refractivity contribution < 1.29 is 4.42 Å². The predicted octanol–water partition coefficient (Wildman–Crippen LogP) is 4.32. The van der Waals surface area contributed by atoms with E-state index in [0.29, 0.717) is 17.8 Å². The molecule has 0 radical (unpaired) electrons. The molecule has 1 aliphatic rings. The molecule has 1 atom stereocenters. The van der Waals surface area contributed by atoms with Gasteiger partial charge in [0.15, 0.2) is 4.34 Å². The number of aromatic nitrogens is 4. The number of anilines is 1. The van der Waals surface area contributed by atoms with Crippen LogP contribution in [0.25, 0.3) is 11.5 Å². The highest BCUT2D eigenvalue weighted by atomic mass is 32.2. The minimum atomic E-state index is 0.0263. The van der Waals surface area contributed by atoms with E-state index in [1.807, 2.05) is 31.2 Å². The molecule has 0 aliphatic heterocycles. The first-order valence-corrected chi connectivity index (χ1v) is 9.54. The van der Waals surface area contributed by atoms with Crippen LogP contribution in [0.15, 0.2) is 33.0 Å². The van der Waals surface area contributed by atoms with Crippen molar-refractivity contribution in [3.63, 3.8) is 0 Å². The number of thioether (sulfide) groups is 1. The van der Waals surface area contributed by atoms with Gasteiger partial charge in [-0.05, 0) is 38.8 Å². The lowest BCUT2D eigenvalue weighted by atomic mass is 10.1. The van der Waals surface area contributed by atoms with Crippen molar-refractivity contribution >= 4 is 28.2 Å². The average molecular weight is 359 g/mol. The van der Waals surface area contributed by atoms with E-state index in [2.05, 4.69) is 32.6 Å². The van der Waals surface area contributed by atoms with Crippen LogP contribution in [0.4, 0.5) is 5.13 Å². The largest absolute Gasteiger partial charge is 0.419 e. The van der Waals surface area contributed by atoms with Gasteiger partial charge < -0.3 is 9.73 Å². The molecule has 1 aromatic carbocycles. The molecule has 1 aliphatic carbocycles. The van der Waals surface area contributed by atoms with E-state index < -0.39 is 0 Å². The monoisotopic (exact) mass is 359 g/mol. The Morgan fingerprint density at radius 1 is 1.17 bits per heavy atom. The van der Waals surface area contributed by atoms with Crippen LogP contribution in [-0.4, -0.2) is 26.4 Å². The van der Waals surface area contributed by atoms with Gasteiger partial charge in [0.05, 0.1) is 5.25 Å². The Morgan fingerprint density at radius 3 is 2.71 bits per heavy atom. The topological polar surface area (TPSA) is 76.7 Å². The summed E-state index contributed by atoms with van der Waals surface area (Å²) in [5, 5.41) is 21.0. The van der Waals surface area contributed by atoms with Gasteiger partial charge in [0, 0.05) is 11.6 Å². The van der Waals surface area contributed by atoms with Gasteiger partial charge in [-0.2, -0.15) is 0 Å². The van der Waals surface area contributed by atoms with Crippen molar-refractivity contribution in [3.8, 4) is 11.5 Å². The van der Waals surface area contributed by atoms with Gasteiger partial charge in [-0.1, -0.05) is 40.8 Å². The maximum absolute atomic E-state index is 5.82. The zero-order valence-corrected chi connectivity index (χ0v) is 15.0. The van der Waals surface area contributed by atoms with Crippen molar-refractivity contribution in [1.82, 2.24) is 20.4 Å². The highest BCUT2D eigenvalue weighted by Gasteiger charge is 2.23. The molecular weight excluding hydrogens is 342 g/mol. The lowest BCUT2D eigenvalue weighted by Crippen LogP contribution is -1.99. The Morgan fingerprint density at radius 2 is 1.96 bits per heavy atom. The van der Waals surface area contributed by atoms with Crippen molar-refractivity contribution in [2.75, 3.05) is 5.32 Å². The first-order valence-electron chi connectivity index (χ1n) is 7.84. The van der Waals surface area contributed by atoms with E-state index in [4.69, 9.17) is 4.42 Å². The summed E-state index contributed by atoms with van der Waals surface area (Å²) >= 11 is 3.15. The van der Waals surface area contributed by atoms with Gasteiger partial charge >= 0.3 is 0 Å². The predicted molar refractivity (Wildman–Crippen MR) is 95.3 cm³/mol. The molecule has 24 heavy (non-hydrogen) atoms. The Balaban J connectivity index is 1.43. The molecule has 1 N–H and O–H groups in total. The molecular formula is C16H17N5OS2. The smallest absolute Gasteiger partial charge is 0.247 e. The first kappa shape index (κ1) is 15.6. The van der Waals surface area contributed by atoms with Crippen molar-refractivity contribution in [2.45, 2.75) is 42.3 Å². The summed E-state index contributed by atoms with van der Waals surface area (Å²) in [7, 11) is 0. The molecule has 0 spiro atoms. The van der Waals surface area contributed by atoms with Crippen LogP contribution in [0.1, 0.15) is 36.5 Å². The van der Waals surface area contributed by atoms with E-state index in [9.17, 15) is 0 Å². The fourth-order valence-electron chi connectivity index (χ4n) is 2.13. The molecule has 8 heteroatoms. The van der Waals surface area contributed by atoms with Crippen LogP contribution in [0, 0.1) is 6.92 Å². The van der Waals surface area contributed by atoms with Crippen LogP contribution < -0.4 is 5.32 Å². The van der Waals surface area contributed by atoms with Crippen molar-refractivity contribution in [1.29, 1.82) is 0 Å². The molecule has 0 bridgehead atoms. The third-order valence-electron chi connectivity index (χ3n) is 3.68. The van der Waals surface area contributed by atoms with Gasteiger partial charge in [-0.15, -0.1) is 20.4 Å². The lowest BCUT2D eigenvalue weighted by Gasteiger charge is -2.02. The normalized spacial score (nSPS) is 15.4. The van der Waals surface area contributed by atoms with Crippen LogP contribution in [-0.2, 0) is 0 Å². The zero-order chi connectivity index (χ0) is 16.5. The summed E-state index contributed by atoms with van der Waals surface area (Å²) in [6, 6.07) is 8.64. The third kappa shape index (κ3) is 3.59. The van der Waals surface area contributed by atoms with Crippen LogP contribution in [0.2, 0.25) is 0 Å². The Bertz CT molecular complexity index is 825. The second-order valence-electron chi connectivity index (χ2n) is 5.86. The van der Waals surface area contributed by atoms with Crippen LogP contribution >= 0.6 is 23.1 Å². The quantitative estimate of drug-likeness (QED) is 0.657. The molecule has 0 unspecified atom stereocenters. The molecule has 3 aromatic rings. The van der Waals surface area contributed by atoms with Gasteiger partial charge in [-0.3, -0.25) is 0 Å². The van der Waals surface area contributed by atoms with Gasteiger partial charge in [0.2, 0.25) is 16.9 Å². The summed E-state index contributed by atoms with van der Waals surface area (Å²) in [4.78, 5) is 0. The van der Waals surface area contributed by atoms with Gasteiger partial charge in [0.25, 0.3) is 0 Å². The molecule has 1 fully saturated rings. The number of benzene rings is 1. The highest BCUT2D eigenvalue weighted by Crippen LogP contribution is 2.38. The number of aryl methyl sites for hydroxylation is 1. The van der Waals surface area contributed by atoms with E-state index in [-0.39, 0.29) is 5.25 Å². The second-order valence-corrected chi connectivity index (χ2v) is 8.43. The summed E-state index contributed by atoms with van der Waals surface area (Å²) in [6.07, 6.45) is 2.45. The maximum Gasteiger partial charge on any atom is 0.247 e. The van der Waals surface area contributed by atoms with E-state index in [1.54, 1.807) is 23.1 Å². The fraction of sp³-hybridized carbons (Fsp3) is 0.375. The number of hydrogen-bond donors (Lipinski definition) is 1. The van der Waals surface area contributed by atoms with Crippen LogP contribution in [0.3, 0.4) is 0 Å². The summed E-state index contributed by atoms with van der Waals surface area (Å²) in [5.41, 5.74) is 2.14. The molecule has 2 aromatic heterocycles. The standard InChI is InChI=1S/C16H17N5OS2/c1-9-3-5-11(6-4-9)14-19-18-13(22-14)10(2)23-16-21-20-15(24-16)17-12-7-8-12/h3-6,10,12H,7-8H2,1-2H3,(H,17,20)/t10-/m0/s1. The summed E-state index contributed by atoms with van der Waals surface area (Å²) in [5.74, 6) is 1.15. The van der Waals surface area contributed by atoms with Crippen LogP contribution in [0.5, 0.6) is 0 Å². The molecule has 4 rings (SSSR count). The van der Waals surface area contributed by atoms with Gasteiger partial charge in [0.1, 0.15) is 0 Å². The molecule has 0 amide bonds. The number of hydrogen-bond acceptors (Lipinski definition) is 8. The highest BCUT2D eigenvalue weighted by molar-refractivity contribution is 8.01.